The number of hydrogen-bond acceptors (Lipinski definition) is 2. The first-order valence-corrected chi connectivity index (χ1v) is 6.23. The van der Waals surface area contributed by atoms with E-state index in [1.807, 2.05) is 0 Å². The molecule has 0 fully saturated rings. The summed E-state index contributed by atoms with van der Waals surface area (Å²) < 4.78 is 14.1. The third-order valence-electron chi connectivity index (χ3n) is 2.48. The number of pyridine rings is 1. The van der Waals surface area contributed by atoms with Crippen molar-refractivity contribution in [3.05, 3.63) is 62.2 Å². The molecule has 0 aliphatic heterocycles. The van der Waals surface area contributed by atoms with E-state index in [-0.39, 0.29) is 11.3 Å². The van der Waals surface area contributed by atoms with Crippen LogP contribution in [0.4, 0.5) is 10.1 Å². The second-order valence-electron chi connectivity index (χ2n) is 3.96. The van der Waals surface area contributed by atoms with Gasteiger partial charge in [-0.15, -0.1) is 0 Å². The van der Waals surface area contributed by atoms with Crippen molar-refractivity contribution >= 4 is 27.5 Å². The van der Waals surface area contributed by atoms with Crippen molar-refractivity contribution in [2.75, 3.05) is 5.32 Å². The van der Waals surface area contributed by atoms with E-state index in [2.05, 4.69) is 26.2 Å². The Labute approximate surface area is 116 Å². The number of rotatable bonds is 2. The molecular formula is C13H10BrFN2O2. The van der Waals surface area contributed by atoms with Gasteiger partial charge in [0, 0.05) is 10.2 Å². The Balaban J connectivity index is 2.28. The molecule has 1 heterocycles. The standard InChI is InChI=1S/C13H10BrFN2O2/c1-7-2-4-9(12(18)16-7)13(19)17-11-5-3-8(14)6-10(11)15/h2-6H,1H3,(H,16,18)(H,17,19). The second-order valence-corrected chi connectivity index (χ2v) is 4.88. The van der Waals surface area contributed by atoms with Crippen LogP contribution in [0.5, 0.6) is 0 Å². The maximum Gasteiger partial charge on any atom is 0.261 e. The molecule has 0 radical (unpaired) electrons. The molecule has 0 saturated heterocycles. The first kappa shape index (κ1) is 13.5. The molecule has 0 spiro atoms. The van der Waals surface area contributed by atoms with Gasteiger partial charge < -0.3 is 10.3 Å². The zero-order chi connectivity index (χ0) is 14.0. The Hall–Kier alpha value is -1.95. The lowest BCUT2D eigenvalue weighted by atomic mass is 10.2. The number of nitrogens with one attached hydrogen (secondary N) is 2. The molecule has 0 aliphatic carbocycles. The summed E-state index contributed by atoms with van der Waals surface area (Å²) in [5.74, 6) is -1.23. The monoisotopic (exact) mass is 324 g/mol. The molecule has 4 nitrogen and oxygen atoms in total. The second kappa shape index (κ2) is 5.36. The molecule has 19 heavy (non-hydrogen) atoms. The highest BCUT2D eigenvalue weighted by Gasteiger charge is 2.12. The van der Waals surface area contributed by atoms with Crippen molar-refractivity contribution in [1.29, 1.82) is 0 Å². The average Bonchev–Trinajstić information content (AvgIpc) is 2.32. The van der Waals surface area contributed by atoms with Crippen LogP contribution in [-0.4, -0.2) is 10.9 Å². The Morgan fingerprint density at radius 3 is 2.68 bits per heavy atom. The lowest BCUT2D eigenvalue weighted by Gasteiger charge is -2.06. The van der Waals surface area contributed by atoms with E-state index in [0.717, 1.165) is 0 Å². The number of carbonyl (C=O) groups is 1. The molecule has 2 rings (SSSR count). The number of hydrogen-bond donors (Lipinski definition) is 2. The molecule has 1 amide bonds. The lowest BCUT2D eigenvalue weighted by Crippen LogP contribution is -2.23. The summed E-state index contributed by atoms with van der Waals surface area (Å²) in [6.07, 6.45) is 0. The largest absolute Gasteiger partial charge is 0.326 e. The van der Waals surface area contributed by atoms with Gasteiger partial charge >= 0.3 is 0 Å². The fourth-order valence-corrected chi connectivity index (χ4v) is 1.86. The van der Waals surface area contributed by atoms with Gasteiger partial charge in [0.1, 0.15) is 11.4 Å². The van der Waals surface area contributed by atoms with Crippen LogP contribution < -0.4 is 10.9 Å². The summed E-state index contributed by atoms with van der Waals surface area (Å²) in [5.41, 5.74) is 0.104. The summed E-state index contributed by atoms with van der Waals surface area (Å²) in [5, 5.41) is 2.36. The van der Waals surface area contributed by atoms with Gasteiger partial charge in [-0.25, -0.2) is 4.39 Å². The predicted molar refractivity (Wildman–Crippen MR) is 73.9 cm³/mol. The molecule has 0 aliphatic rings. The third kappa shape index (κ3) is 3.08. The predicted octanol–water partition coefficient (Wildman–Crippen LogP) is 2.84. The topological polar surface area (TPSA) is 62.0 Å². The number of aromatic amines is 1. The molecule has 0 unspecified atom stereocenters. The SMILES string of the molecule is Cc1ccc(C(=O)Nc2ccc(Br)cc2F)c(=O)[nH]1. The number of anilines is 1. The molecule has 0 bridgehead atoms. The molecule has 1 aromatic heterocycles. The summed E-state index contributed by atoms with van der Waals surface area (Å²) in [6.45, 7) is 1.71. The molecule has 1 aromatic carbocycles. The van der Waals surface area contributed by atoms with Crippen molar-refractivity contribution in [1.82, 2.24) is 4.98 Å². The summed E-state index contributed by atoms with van der Waals surface area (Å²) >= 11 is 3.12. The van der Waals surface area contributed by atoms with Gasteiger partial charge in [0.15, 0.2) is 0 Å². The van der Waals surface area contributed by atoms with Gasteiger partial charge in [0.25, 0.3) is 11.5 Å². The van der Waals surface area contributed by atoms with Crippen molar-refractivity contribution < 1.29 is 9.18 Å². The van der Waals surface area contributed by atoms with Crippen LogP contribution in [0.15, 0.2) is 39.6 Å². The number of carbonyl (C=O) groups excluding carboxylic acids is 1. The van der Waals surface area contributed by atoms with Crippen LogP contribution in [0.25, 0.3) is 0 Å². The quantitative estimate of drug-likeness (QED) is 0.892. The Morgan fingerprint density at radius 2 is 2.05 bits per heavy atom. The molecule has 6 heteroatoms. The van der Waals surface area contributed by atoms with Crippen LogP contribution in [0.2, 0.25) is 0 Å². The first-order valence-electron chi connectivity index (χ1n) is 5.43. The van der Waals surface area contributed by atoms with E-state index in [4.69, 9.17) is 0 Å². The van der Waals surface area contributed by atoms with Crippen LogP contribution >= 0.6 is 15.9 Å². The highest BCUT2D eigenvalue weighted by Crippen LogP contribution is 2.19. The van der Waals surface area contributed by atoms with Gasteiger partial charge in [0.2, 0.25) is 0 Å². The van der Waals surface area contributed by atoms with Crippen LogP contribution in [0.3, 0.4) is 0 Å². The van der Waals surface area contributed by atoms with E-state index < -0.39 is 17.3 Å². The van der Waals surface area contributed by atoms with Crippen molar-refractivity contribution in [3.8, 4) is 0 Å². The maximum atomic E-state index is 13.6. The van der Waals surface area contributed by atoms with Crippen molar-refractivity contribution in [2.24, 2.45) is 0 Å². The van der Waals surface area contributed by atoms with Crippen LogP contribution in [-0.2, 0) is 0 Å². The summed E-state index contributed by atoms with van der Waals surface area (Å²) in [6, 6.07) is 7.25. The van der Waals surface area contributed by atoms with E-state index in [9.17, 15) is 14.0 Å². The minimum atomic E-state index is -0.650. The smallest absolute Gasteiger partial charge is 0.261 e. The zero-order valence-electron chi connectivity index (χ0n) is 9.96. The highest BCUT2D eigenvalue weighted by atomic mass is 79.9. The third-order valence-corrected chi connectivity index (χ3v) is 2.97. The number of benzene rings is 1. The fraction of sp³-hybridized carbons (Fsp3) is 0.0769. The van der Waals surface area contributed by atoms with E-state index >= 15 is 0 Å². The Bertz CT molecular complexity index is 697. The van der Waals surface area contributed by atoms with Crippen LogP contribution in [0, 0.1) is 12.7 Å². The minimum Gasteiger partial charge on any atom is -0.326 e. The summed E-state index contributed by atoms with van der Waals surface area (Å²) in [4.78, 5) is 26.0. The van der Waals surface area contributed by atoms with Gasteiger partial charge in [-0.1, -0.05) is 15.9 Å². The normalized spacial score (nSPS) is 10.3. The highest BCUT2D eigenvalue weighted by molar-refractivity contribution is 9.10. The number of halogens is 2. The minimum absolute atomic E-state index is 0.0215. The Kier molecular flexibility index (Phi) is 3.80. The number of aromatic nitrogens is 1. The van der Waals surface area contributed by atoms with Crippen molar-refractivity contribution in [3.63, 3.8) is 0 Å². The zero-order valence-corrected chi connectivity index (χ0v) is 11.5. The number of aryl methyl sites for hydroxylation is 1. The maximum absolute atomic E-state index is 13.6. The molecule has 0 saturated carbocycles. The van der Waals surface area contributed by atoms with Gasteiger partial charge in [-0.3, -0.25) is 9.59 Å². The lowest BCUT2D eigenvalue weighted by molar-refractivity contribution is 0.102. The van der Waals surface area contributed by atoms with Gasteiger partial charge in [0.05, 0.1) is 5.69 Å². The molecule has 0 atom stereocenters. The molecule has 98 valence electrons. The van der Waals surface area contributed by atoms with Gasteiger partial charge in [-0.2, -0.15) is 0 Å². The van der Waals surface area contributed by atoms with Crippen LogP contribution in [0.1, 0.15) is 16.1 Å². The van der Waals surface area contributed by atoms with E-state index in [1.165, 1.54) is 18.2 Å². The number of H-pyrrole nitrogens is 1. The number of amides is 1. The van der Waals surface area contributed by atoms with Gasteiger partial charge in [-0.05, 0) is 37.3 Å². The Morgan fingerprint density at radius 1 is 1.32 bits per heavy atom. The molecule has 2 N–H and O–H groups in total. The van der Waals surface area contributed by atoms with E-state index in [0.29, 0.717) is 10.2 Å². The summed E-state index contributed by atoms with van der Waals surface area (Å²) in [7, 11) is 0. The van der Waals surface area contributed by atoms with Crippen molar-refractivity contribution in [2.45, 2.75) is 6.92 Å². The van der Waals surface area contributed by atoms with E-state index in [1.54, 1.807) is 19.1 Å². The fourth-order valence-electron chi connectivity index (χ4n) is 1.53. The molecule has 2 aromatic rings. The first-order chi connectivity index (χ1) is 8.97. The molecular weight excluding hydrogens is 315 g/mol. The average molecular weight is 325 g/mol.